The van der Waals surface area contributed by atoms with Crippen LogP contribution in [0.25, 0.3) is 22.3 Å². The Bertz CT molecular complexity index is 1430. The number of amides is 1. The molecule has 0 saturated heterocycles. The predicted molar refractivity (Wildman–Crippen MR) is 147 cm³/mol. The van der Waals surface area contributed by atoms with Crippen LogP contribution < -0.4 is 10.6 Å². The summed E-state index contributed by atoms with van der Waals surface area (Å²) in [6.07, 6.45) is 5.30. The second-order valence-corrected chi connectivity index (χ2v) is 10.9. The van der Waals surface area contributed by atoms with Crippen LogP contribution in [0.1, 0.15) is 63.6 Å². The molecular formula is C30H34FN5O2. The van der Waals surface area contributed by atoms with Gasteiger partial charge in [-0.3, -0.25) is 0 Å². The maximum atomic E-state index is 13.5. The molecule has 1 saturated carbocycles. The fourth-order valence-corrected chi connectivity index (χ4v) is 5.09. The van der Waals surface area contributed by atoms with Crippen molar-refractivity contribution >= 4 is 22.9 Å². The molecule has 5 rings (SSSR count). The molecule has 2 unspecified atom stereocenters. The first kappa shape index (κ1) is 25.7. The predicted octanol–water partition coefficient (Wildman–Crippen LogP) is 6.93. The fraction of sp³-hybridized carbons (Fsp3) is 0.367. The normalized spacial score (nSPS) is 17.8. The van der Waals surface area contributed by atoms with Crippen LogP contribution >= 0.6 is 0 Å². The van der Waals surface area contributed by atoms with Crippen molar-refractivity contribution in [1.29, 1.82) is 0 Å². The number of alkyl carbamates (subject to hydrolysis) is 1. The average molecular weight is 516 g/mol. The third-order valence-electron chi connectivity index (χ3n) is 6.78. The Kier molecular flexibility index (Phi) is 7.31. The van der Waals surface area contributed by atoms with E-state index < -0.39 is 5.60 Å². The van der Waals surface area contributed by atoms with Crippen molar-refractivity contribution in [1.82, 2.24) is 20.3 Å². The number of nitrogens with one attached hydrogen (secondary N) is 3. The molecule has 3 aromatic heterocycles. The lowest BCUT2D eigenvalue weighted by Crippen LogP contribution is -2.41. The van der Waals surface area contributed by atoms with Crippen LogP contribution in [0.2, 0.25) is 0 Å². The summed E-state index contributed by atoms with van der Waals surface area (Å²) in [5.74, 6) is 0.757. The van der Waals surface area contributed by atoms with Gasteiger partial charge in [-0.05, 0) is 82.0 Å². The minimum absolute atomic E-state index is 0.0740. The Morgan fingerprint density at radius 1 is 1.13 bits per heavy atom. The van der Waals surface area contributed by atoms with Gasteiger partial charge in [0.15, 0.2) is 0 Å². The quantitative estimate of drug-likeness (QED) is 0.259. The Hall–Kier alpha value is -3.94. The molecule has 1 aromatic carbocycles. The van der Waals surface area contributed by atoms with Crippen molar-refractivity contribution in [2.24, 2.45) is 0 Å². The van der Waals surface area contributed by atoms with E-state index in [0.717, 1.165) is 65.0 Å². The zero-order chi connectivity index (χ0) is 26.7. The fourth-order valence-electron chi connectivity index (χ4n) is 5.09. The summed E-state index contributed by atoms with van der Waals surface area (Å²) in [4.78, 5) is 25.2. The van der Waals surface area contributed by atoms with Crippen LogP contribution in [-0.4, -0.2) is 32.7 Å². The highest BCUT2D eigenvalue weighted by molar-refractivity contribution is 5.92. The number of halogens is 1. The number of hydrogen-bond acceptors (Lipinski definition) is 5. The first-order valence-electron chi connectivity index (χ1n) is 13.2. The summed E-state index contributed by atoms with van der Waals surface area (Å²) in [6.45, 7) is 6.09. The van der Waals surface area contributed by atoms with Gasteiger partial charge < -0.3 is 20.4 Å². The molecule has 1 amide bonds. The van der Waals surface area contributed by atoms with Crippen molar-refractivity contribution in [3.05, 3.63) is 77.9 Å². The van der Waals surface area contributed by atoms with Crippen LogP contribution in [0.3, 0.4) is 0 Å². The molecule has 4 aromatic rings. The van der Waals surface area contributed by atoms with E-state index in [1.807, 2.05) is 51.1 Å². The lowest BCUT2D eigenvalue weighted by atomic mass is 9.83. The molecule has 7 nitrogen and oxygen atoms in total. The summed E-state index contributed by atoms with van der Waals surface area (Å²) in [7, 11) is 0. The number of fused-ring (bicyclic) bond motifs is 1. The molecule has 0 spiro atoms. The average Bonchev–Trinajstić information content (AvgIpc) is 3.31. The van der Waals surface area contributed by atoms with E-state index >= 15 is 0 Å². The molecule has 0 radical (unpaired) electrons. The molecule has 1 fully saturated rings. The van der Waals surface area contributed by atoms with Gasteiger partial charge in [-0.15, -0.1) is 0 Å². The number of aromatic nitrogens is 3. The number of ether oxygens (including phenoxy) is 1. The highest BCUT2D eigenvalue weighted by Gasteiger charge is 2.27. The van der Waals surface area contributed by atoms with E-state index in [4.69, 9.17) is 9.72 Å². The molecule has 198 valence electrons. The maximum absolute atomic E-state index is 13.5. The van der Waals surface area contributed by atoms with E-state index in [2.05, 4.69) is 26.7 Å². The van der Waals surface area contributed by atoms with Crippen LogP contribution in [0.15, 0.2) is 60.8 Å². The van der Waals surface area contributed by atoms with Gasteiger partial charge in [-0.2, -0.15) is 0 Å². The van der Waals surface area contributed by atoms with Crippen LogP contribution in [0, 0.1) is 5.82 Å². The Morgan fingerprint density at radius 2 is 1.97 bits per heavy atom. The van der Waals surface area contributed by atoms with Crippen molar-refractivity contribution in [2.45, 2.75) is 70.6 Å². The minimum Gasteiger partial charge on any atom is -0.444 e. The highest BCUT2D eigenvalue weighted by atomic mass is 19.1. The van der Waals surface area contributed by atoms with Gasteiger partial charge in [0.1, 0.15) is 22.9 Å². The Labute approximate surface area is 222 Å². The van der Waals surface area contributed by atoms with Gasteiger partial charge in [0.05, 0.1) is 5.69 Å². The lowest BCUT2D eigenvalue weighted by molar-refractivity contribution is 0.0490. The summed E-state index contributed by atoms with van der Waals surface area (Å²) in [5, 5.41) is 7.36. The van der Waals surface area contributed by atoms with Crippen LogP contribution in [0.4, 0.5) is 15.0 Å². The van der Waals surface area contributed by atoms with Gasteiger partial charge in [0.25, 0.3) is 0 Å². The number of carbonyl (C=O) groups is 1. The number of benzene rings is 1. The highest BCUT2D eigenvalue weighted by Crippen LogP contribution is 2.36. The standard InChI is InChI=1S/C30H34FN5O2/c1-30(2,3)38-29(37)34-22-10-5-8-20(16-22)26-17-24-23(13-14-32-28(24)36-26)25-11-6-12-27(35-25)33-18-19-7-4-9-21(31)15-19/h4,6-7,9,11-15,17,20,22H,5,8,10,16,18H2,1-3H3,(H,32,36)(H,33,35)(H,34,37). The number of hydrogen-bond donors (Lipinski definition) is 3. The zero-order valence-electron chi connectivity index (χ0n) is 22.1. The van der Waals surface area contributed by atoms with Crippen molar-refractivity contribution in [3.8, 4) is 11.3 Å². The molecule has 3 N–H and O–H groups in total. The summed E-state index contributed by atoms with van der Waals surface area (Å²) in [6, 6.07) is 16.6. The number of nitrogens with zero attached hydrogens (tertiary/aromatic N) is 2. The van der Waals surface area contributed by atoms with Crippen LogP contribution in [-0.2, 0) is 11.3 Å². The summed E-state index contributed by atoms with van der Waals surface area (Å²) < 4.78 is 19.0. The second kappa shape index (κ2) is 10.8. The molecule has 2 atom stereocenters. The lowest BCUT2D eigenvalue weighted by Gasteiger charge is -2.30. The number of anilines is 1. The molecule has 3 heterocycles. The van der Waals surface area contributed by atoms with Gasteiger partial charge in [0.2, 0.25) is 0 Å². The minimum atomic E-state index is -0.516. The van der Waals surface area contributed by atoms with Gasteiger partial charge >= 0.3 is 6.09 Å². The number of rotatable bonds is 6. The third kappa shape index (κ3) is 6.30. The molecular weight excluding hydrogens is 481 g/mol. The van der Waals surface area contributed by atoms with E-state index in [1.54, 1.807) is 12.3 Å². The number of pyridine rings is 2. The molecule has 1 aliphatic carbocycles. The third-order valence-corrected chi connectivity index (χ3v) is 6.78. The topological polar surface area (TPSA) is 91.9 Å². The van der Waals surface area contributed by atoms with Gasteiger partial charge in [-0.1, -0.05) is 24.6 Å². The molecule has 1 aliphatic rings. The summed E-state index contributed by atoms with van der Waals surface area (Å²) in [5.41, 5.74) is 4.10. The molecule has 8 heteroatoms. The van der Waals surface area contributed by atoms with Crippen molar-refractivity contribution < 1.29 is 13.9 Å². The first-order chi connectivity index (χ1) is 18.2. The summed E-state index contributed by atoms with van der Waals surface area (Å²) >= 11 is 0. The van der Waals surface area contributed by atoms with Crippen molar-refractivity contribution in [2.75, 3.05) is 5.32 Å². The van der Waals surface area contributed by atoms with E-state index in [1.165, 1.54) is 12.1 Å². The number of aromatic amines is 1. The maximum Gasteiger partial charge on any atom is 0.407 e. The SMILES string of the molecule is CC(C)(C)OC(=O)NC1CCCC(c2cc3c(-c4cccc(NCc5cccc(F)c5)n4)ccnc3[nH]2)C1. The second-order valence-electron chi connectivity index (χ2n) is 10.9. The van der Waals surface area contributed by atoms with Gasteiger partial charge in [0, 0.05) is 41.3 Å². The van der Waals surface area contributed by atoms with Gasteiger partial charge in [-0.25, -0.2) is 19.2 Å². The van der Waals surface area contributed by atoms with E-state index in [0.29, 0.717) is 6.54 Å². The van der Waals surface area contributed by atoms with Crippen molar-refractivity contribution in [3.63, 3.8) is 0 Å². The Balaban J connectivity index is 1.32. The van der Waals surface area contributed by atoms with Crippen LogP contribution in [0.5, 0.6) is 0 Å². The largest absolute Gasteiger partial charge is 0.444 e. The zero-order valence-corrected chi connectivity index (χ0v) is 22.1. The number of H-pyrrole nitrogens is 1. The first-order valence-corrected chi connectivity index (χ1v) is 13.2. The monoisotopic (exact) mass is 515 g/mol. The molecule has 0 bridgehead atoms. The number of carbonyl (C=O) groups excluding carboxylic acids is 1. The smallest absolute Gasteiger partial charge is 0.407 e. The van der Waals surface area contributed by atoms with E-state index in [9.17, 15) is 9.18 Å². The van der Waals surface area contributed by atoms with E-state index in [-0.39, 0.29) is 23.9 Å². The Morgan fingerprint density at radius 3 is 2.79 bits per heavy atom. The molecule has 38 heavy (non-hydrogen) atoms. The molecule has 0 aliphatic heterocycles.